The Kier molecular flexibility index (Phi) is 6.22. The number of likely N-dealkylation sites (N-methyl/N-ethyl adjacent to an activating group) is 2. The lowest BCUT2D eigenvalue weighted by Crippen LogP contribution is -2.35. The molecule has 0 aromatic heterocycles. The predicted molar refractivity (Wildman–Crippen MR) is 79.4 cm³/mol. The fourth-order valence-corrected chi connectivity index (χ4v) is 2.35. The van der Waals surface area contributed by atoms with Crippen molar-refractivity contribution in [2.75, 3.05) is 25.0 Å². The molecule has 0 saturated heterocycles. The molecule has 1 aromatic carbocycles. The lowest BCUT2D eigenvalue weighted by Gasteiger charge is -2.18. The summed E-state index contributed by atoms with van der Waals surface area (Å²) >= 11 is 1.83. The number of anilines is 1. The highest BCUT2D eigenvalue weighted by molar-refractivity contribution is 7.99. The van der Waals surface area contributed by atoms with Crippen LogP contribution >= 0.6 is 11.8 Å². The van der Waals surface area contributed by atoms with Gasteiger partial charge >= 0.3 is 0 Å². The van der Waals surface area contributed by atoms with Crippen LogP contribution in [0, 0.1) is 0 Å². The van der Waals surface area contributed by atoms with Crippen molar-refractivity contribution < 1.29 is 4.79 Å². The van der Waals surface area contributed by atoms with E-state index in [1.165, 1.54) is 4.90 Å². The molecule has 0 spiro atoms. The summed E-state index contributed by atoms with van der Waals surface area (Å²) in [4.78, 5) is 14.7. The molecule has 0 unspecified atom stereocenters. The van der Waals surface area contributed by atoms with Gasteiger partial charge in [0.1, 0.15) is 0 Å². The largest absolute Gasteiger partial charge is 0.314 e. The predicted octanol–water partition coefficient (Wildman–Crippen LogP) is 2.76. The zero-order valence-electron chi connectivity index (χ0n) is 11.6. The van der Waals surface area contributed by atoms with E-state index in [9.17, 15) is 4.79 Å². The normalized spacial score (nSPS) is 10.7. The number of hydrogen-bond acceptors (Lipinski definition) is 3. The van der Waals surface area contributed by atoms with E-state index in [1.54, 1.807) is 4.90 Å². The van der Waals surface area contributed by atoms with Gasteiger partial charge < -0.3 is 10.2 Å². The lowest BCUT2D eigenvalue weighted by atomic mass is 10.3. The van der Waals surface area contributed by atoms with Gasteiger partial charge in [-0.1, -0.05) is 20.8 Å². The average molecular weight is 266 g/mol. The Morgan fingerprint density at radius 1 is 1.33 bits per heavy atom. The summed E-state index contributed by atoms with van der Waals surface area (Å²) in [5, 5.41) is 3.61. The van der Waals surface area contributed by atoms with E-state index in [-0.39, 0.29) is 5.91 Å². The minimum Gasteiger partial charge on any atom is -0.314 e. The molecule has 1 aromatic rings. The van der Waals surface area contributed by atoms with Gasteiger partial charge in [-0.15, -0.1) is 11.8 Å². The van der Waals surface area contributed by atoms with Crippen molar-refractivity contribution in [2.24, 2.45) is 0 Å². The third-order valence-corrected chi connectivity index (χ3v) is 3.51. The zero-order chi connectivity index (χ0) is 13.5. The van der Waals surface area contributed by atoms with Crippen LogP contribution < -0.4 is 10.2 Å². The number of thioether (sulfide) groups is 1. The van der Waals surface area contributed by atoms with Gasteiger partial charge in [-0.3, -0.25) is 4.79 Å². The summed E-state index contributed by atoms with van der Waals surface area (Å²) in [6, 6.07) is 8.12. The van der Waals surface area contributed by atoms with E-state index in [4.69, 9.17) is 0 Å². The molecule has 1 N–H and O–H groups in total. The highest BCUT2D eigenvalue weighted by Gasteiger charge is 2.09. The maximum absolute atomic E-state index is 11.8. The molecule has 0 saturated carbocycles. The molecule has 0 aliphatic carbocycles. The zero-order valence-corrected chi connectivity index (χ0v) is 12.4. The minimum atomic E-state index is 0.0844. The van der Waals surface area contributed by atoms with Gasteiger partial charge in [0.25, 0.3) is 0 Å². The molecule has 1 amide bonds. The molecule has 0 fully saturated rings. The maximum Gasteiger partial charge on any atom is 0.240 e. The highest BCUT2D eigenvalue weighted by atomic mass is 32.2. The second-order valence-electron chi connectivity index (χ2n) is 4.39. The number of nitrogens with zero attached hydrogens (tertiary/aromatic N) is 1. The van der Waals surface area contributed by atoms with Crippen molar-refractivity contribution in [3.63, 3.8) is 0 Å². The van der Waals surface area contributed by atoms with E-state index < -0.39 is 0 Å². The smallest absolute Gasteiger partial charge is 0.240 e. The molecule has 1 rings (SSSR count). The first-order valence-electron chi connectivity index (χ1n) is 6.28. The fraction of sp³-hybridized carbons (Fsp3) is 0.500. The summed E-state index contributed by atoms with van der Waals surface area (Å²) in [5.41, 5.74) is 0.936. The first kappa shape index (κ1) is 15.1. The molecule has 0 aliphatic heterocycles. The van der Waals surface area contributed by atoms with Gasteiger partial charge in [0.15, 0.2) is 0 Å². The van der Waals surface area contributed by atoms with Gasteiger partial charge in [-0.05, 0) is 30.8 Å². The first-order valence-corrected chi connectivity index (χ1v) is 7.16. The van der Waals surface area contributed by atoms with Gasteiger partial charge in [0, 0.05) is 22.9 Å². The number of nitrogens with one attached hydrogen (secondary N) is 1. The Labute approximate surface area is 114 Å². The maximum atomic E-state index is 11.8. The molecule has 3 nitrogen and oxygen atoms in total. The van der Waals surface area contributed by atoms with Gasteiger partial charge in [-0.2, -0.15) is 0 Å². The summed E-state index contributed by atoms with van der Waals surface area (Å²) in [6.07, 6.45) is 0. The van der Waals surface area contributed by atoms with E-state index in [0.717, 1.165) is 12.2 Å². The van der Waals surface area contributed by atoms with Crippen LogP contribution in [0.3, 0.4) is 0 Å². The number of benzene rings is 1. The number of hydrogen-bond donors (Lipinski definition) is 1. The second kappa shape index (κ2) is 7.44. The average Bonchev–Trinajstić information content (AvgIpc) is 2.35. The van der Waals surface area contributed by atoms with E-state index in [2.05, 4.69) is 31.3 Å². The SMILES string of the molecule is CCNCC(=O)N(C)c1ccc(SC(C)C)cc1. The summed E-state index contributed by atoms with van der Waals surface area (Å²) in [5.74, 6) is 0.0844. The Morgan fingerprint density at radius 3 is 2.44 bits per heavy atom. The van der Waals surface area contributed by atoms with Gasteiger partial charge in [0.05, 0.1) is 6.54 Å². The fourth-order valence-electron chi connectivity index (χ4n) is 1.51. The molecule has 0 atom stereocenters. The van der Waals surface area contributed by atoms with Crippen LogP contribution in [0.25, 0.3) is 0 Å². The van der Waals surface area contributed by atoms with Crippen LogP contribution in [0.1, 0.15) is 20.8 Å². The van der Waals surface area contributed by atoms with Crippen LogP contribution in [0.15, 0.2) is 29.2 Å². The Bertz CT molecular complexity index is 376. The first-order chi connectivity index (χ1) is 8.54. The second-order valence-corrected chi connectivity index (χ2v) is 6.04. The van der Waals surface area contributed by atoms with Crippen LogP contribution in [-0.2, 0) is 4.79 Å². The lowest BCUT2D eigenvalue weighted by molar-refractivity contribution is -0.117. The van der Waals surface area contributed by atoms with E-state index in [1.807, 2.05) is 37.9 Å². The molecular formula is C14H22N2OS. The number of amides is 1. The van der Waals surface area contributed by atoms with Crippen molar-refractivity contribution in [1.82, 2.24) is 5.32 Å². The monoisotopic (exact) mass is 266 g/mol. The van der Waals surface area contributed by atoms with Crippen molar-refractivity contribution in [3.05, 3.63) is 24.3 Å². The molecular weight excluding hydrogens is 244 g/mol. The summed E-state index contributed by atoms with van der Waals surface area (Å²) in [7, 11) is 1.81. The summed E-state index contributed by atoms with van der Waals surface area (Å²) < 4.78 is 0. The van der Waals surface area contributed by atoms with Crippen molar-refractivity contribution in [3.8, 4) is 0 Å². The molecule has 0 aliphatic rings. The quantitative estimate of drug-likeness (QED) is 0.804. The Balaban J connectivity index is 2.63. The van der Waals surface area contributed by atoms with E-state index >= 15 is 0 Å². The van der Waals surface area contributed by atoms with Crippen molar-refractivity contribution >= 4 is 23.4 Å². The van der Waals surface area contributed by atoms with Crippen molar-refractivity contribution in [2.45, 2.75) is 30.9 Å². The van der Waals surface area contributed by atoms with Crippen LogP contribution in [0.4, 0.5) is 5.69 Å². The van der Waals surface area contributed by atoms with Gasteiger partial charge in [0.2, 0.25) is 5.91 Å². The molecule has 0 bridgehead atoms. The highest BCUT2D eigenvalue weighted by Crippen LogP contribution is 2.25. The number of rotatable bonds is 6. The Hall–Kier alpha value is -1.00. The van der Waals surface area contributed by atoms with Crippen LogP contribution in [-0.4, -0.2) is 31.3 Å². The molecule has 0 radical (unpaired) electrons. The third-order valence-electron chi connectivity index (χ3n) is 2.50. The minimum absolute atomic E-state index is 0.0844. The Morgan fingerprint density at radius 2 is 1.94 bits per heavy atom. The van der Waals surface area contributed by atoms with E-state index in [0.29, 0.717) is 11.8 Å². The number of carbonyl (C=O) groups excluding carboxylic acids is 1. The number of carbonyl (C=O) groups is 1. The van der Waals surface area contributed by atoms with Crippen LogP contribution in [0.2, 0.25) is 0 Å². The standard InChI is InChI=1S/C14H22N2OS/c1-5-15-10-14(17)16(4)12-6-8-13(9-7-12)18-11(2)3/h6-9,11,15H,5,10H2,1-4H3. The molecule has 0 heterocycles. The molecule has 18 heavy (non-hydrogen) atoms. The third kappa shape index (κ3) is 4.70. The topological polar surface area (TPSA) is 32.3 Å². The van der Waals surface area contributed by atoms with Crippen molar-refractivity contribution in [1.29, 1.82) is 0 Å². The molecule has 4 heteroatoms. The van der Waals surface area contributed by atoms with Crippen LogP contribution in [0.5, 0.6) is 0 Å². The summed E-state index contributed by atoms with van der Waals surface area (Å²) in [6.45, 7) is 7.53. The molecule has 100 valence electrons. The van der Waals surface area contributed by atoms with Gasteiger partial charge in [-0.25, -0.2) is 0 Å².